The number of aromatic nitrogens is 1. The summed E-state index contributed by atoms with van der Waals surface area (Å²) in [6.45, 7) is 1.67. The van der Waals surface area contributed by atoms with Gasteiger partial charge in [0.15, 0.2) is 29.5 Å². The largest absolute Gasteiger partial charge is 0.461 e. The molecule has 1 aromatic heterocycles. The highest BCUT2D eigenvalue weighted by atomic mass is 19.2. The monoisotopic (exact) mass is 271 g/mol. The van der Waals surface area contributed by atoms with Crippen LogP contribution in [0.2, 0.25) is 0 Å². The summed E-state index contributed by atoms with van der Waals surface area (Å²) in [6.07, 6.45) is 0.891. The van der Waals surface area contributed by atoms with E-state index in [2.05, 4.69) is 4.98 Å². The lowest BCUT2D eigenvalue weighted by molar-refractivity contribution is 0.0520. The molecule has 0 spiro atoms. The second-order valence-corrected chi connectivity index (χ2v) is 3.50. The minimum atomic E-state index is -1.33. The number of nitrogens with zero attached hydrogens (tertiary/aromatic N) is 1. The summed E-state index contributed by atoms with van der Waals surface area (Å²) in [7, 11) is 0. The lowest BCUT2D eigenvalue weighted by Crippen LogP contribution is -2.07. The molecular weight excluding hydrogens is 263 g/mol. The molecule has 0 fully saturated rings. The topological polar surface area (TPSA) is 52.3 Å². The fraction of sp³-hybridized carbons (Fsp3) is 0.167. The Morgan fingerprint density at radius 3 is 2.63 bits per heavy atom. The van der Waals surface area contributed by atoms with E-state index < -0.39 is 29.0 Å². The van der Waals surface area contributed by atoms with Gasteiger partial charge < -0.3 is 9.15 Å². The van der Waals surface area contributed by atoms with Gasteiger partial charge in [-0.25, -0.2) is 22.9 Å². The minimum absolute atomic E-state index is 0.0887. The molecule has 0 saturated carbocycles. The van der Waals surface area contributed by atoms with Gasteiger partial charge in [0, 0.05) is 6.07 Å². The van der Waals surface area contributed by atoms with Crippen LogP contribution in [0.4, 0.5) is 13.2 Å². The number of esters is 1. The number of benzene rings is 1. The van der Waals surface area contributed by atoms with Crippen LogP contribution in [-0.2, 0) is 4.74 Å². The van der Waals surface area contributed by atoms with Crippen LogP contribution in [0.25, 0.3) is 11.3 Å². The van der Waals surface area contributed by atoms with Gasteiger partial charge in [-0.15, -0.1) is 0 Å². The lowest BCUT2D eigenvalue weighted by Gasteiger charge is -2.03. The number of carbonyl (C=O) groups excluding carboxylic acids is 1. The van der Waals surface area contributed by atoms with Gasteiger partial charge in [-0.05, 0) is 13.0 Å². The van der Waals surface area contributed by atoms with Gasteiger partial charge in [0.25, 0.3) is 0 Å². The van der Waals surface area contributed by atoms with Crippen LogP contribution in [0.5, 0.6) is 0 Å². The predicted octanol–water partition coefficient (Wildman–Crippen LogP) is 2.94. The standard InChI is InChI=1S/C12H8F3NO3/c1-2-18-12(17)10-11(19-5-16-10)6-3-8(14)9(15)4-7(6)13/h3-5H,2H2,1H3. The number of hydrogen-bond donors (Lipinski definition) is 0. The normalized spacial score (nSPS) is 10.5. The molecule has 0 aliphatic carbocycles. The summed E-state index contributed by atoms with van der Waals surface area (Å²) in [5.41, 5.74) is -0.703. The number of hydrogen-bond acceptors (Lipinski definition) is 4. The maximum Gasteiger partial charge on any atom is 0.360 e. The highest BCUT2D eigenvalue weighted by Gasteiger charge is 2.23. The van der Waals surface area contributed by atoms with Crippen molar-refractivity contribution < 1.29 is 27.1 Å². The molecule has 0 N–H and O–H groups in total. The van der Waals surface area contributed by atoms with Gasteiger partial charge in [0.05, 0.1) is 12.2 Å². The van der Waals surface area contributed by atoms with Gasteiger partial charge in [-0.1, -0.05) is 0 Å². The highest BCUT2D eigenvalue weighted by Crippen LogP contribution is 2.28. The smallest absolute Gasteiger partial charge is 0.360 e. The second kappa shape index (κ2) is 5.13. The van der Waals surface area contributed by atoms with E-state index in [4.69, 9.17) is 9.15 Å². The molecule has 0 radical (unpaired) electrons. The van der Waals surface area contributed by atoms with Crippen LogP contribution in [-0.4, -0.2) is 17.6 Å². The van der Waals surface area contributed by atoms with E-state index in [-0.39, 0.29) is 18.1 Å². The van der Waals surface area contributed by atoms with Crippen molar-refractivity contribution in [1.82, 2.24) is 4.98 Å². The van der Waals surface area contributed by atoms with Crippen molar-refractivity contribution in [1.29, 1.82) is 0 Å². The van der Waals surface area contributed by atoms with Crippen LogP contribution < -0.4 is 0 Å². The van der Waals surface area contributed by atoms with Gasteiger partial charge in [-0.2, -0.15) is 0 Å². The summed E-state index contributed by atoms with van der Waals surface area (Å²) in [6, 6.07) is 0.954. The van der Waals surface area contributed by atoms with E-state index >= 15 is 0 Å². The Hall–Kier alpha value is -2.31. The zero-order chi connectivity index (χ0) is 14.0. The zero-order valence-electron chi connectivity index (χ0n) is 9.75. The predicted molar refractivity (Wildman–Crippen MR) is 57.8 cm³/mol. The van der Waals surface area contributed by atoms with Crippen LogP contribution >= 0.6 is 0 Å². The number of rotatable bonds is 3. The molecule has 0 atom stereocenters. The Morgan fingerprint density at radius 2 is 1.95 bits per heavy atom. The summed E-state index contributed by atoms with van der Waals surface area (Å²) in [5.74, 6) is -4.81. The summed E-state index contributed by atoms with van der Waals surface area (Å²) in [4.78, 5) is 15.1. The quantitative estimate of drug-likeness (QED) is 0.636. The first-order valence-electron chi connectivity index (χ1n) is 5.30. The average Bonchev–Trinajstić information content (AvgIpc) is 2.83. The lowest BCUT2D eigenvalue weighted by atomic mass is 10.1. The Morgan fingerprint density at radius 1 is 1.26 bits per heavy atom. The van der Waals surface area contributed by atoms with Crippen molar-refractivity contribution >= 4 is 5.97 Å². The van der Waals surface area contributed by atoms with Crippen molar-refractivity contribution in [2.24, 2.45) is 0 Å². The van der Waals surface area contributed by atoms with Crippen molar-refractivity contribution in [3.05, 3.63) is 41.7 Å². The third kappa shape index (κ3) is 2.44. The molecule has 0 unspecified atom stereocenters. The van der Waals surface area contributed by atoms with E-state index in [1.165, 1.54) is 0 Å². The van der Waals surface area contributed by atoms with Crippen molar-refractivity contribution in [3.8, 4) is 11.3 Å². The number of oxazole rings is 1. The third-order valence-corrected chi connectivity index (χ3v) is 2.29. The third-order valence-electron chi connectivity index (χ3n) is 2.29. The van der Waals surface area contributed by atoms with Crippen LogP contribution in [0.3, 0.4) is 0 Å². The van der Waals surface area contributed by atoms with E-state index in [0.717, 1.165) is 6.39 Å². The molecule has 0 saturated heterocycles. The molecular formula is C12H8F3NO3. The molecule has 2 rings (SSSR count). The first-order chi connectivity index (χ1) is 9.04. The Labute approximate surface area is 105 Å². The zero-order valence-corrected chi connectivity index (χ0v) is 9.75. The Bertz CT molecular complexity index is 625. The maximum atomic E-state index is 13.6. The first-order valence-corrected chi connectivity index (χ1v) is 5.30. The molecule has 4 nitrogen and oxygen atoms in total. The molecule has 1 heterocycles. The molecule has 7 heteroatoms. The highest BCUT2D eigenvalue weighted by molar-refractivity contribution is 5.93. The van der Waals surface area contributed by atoms with Crippen molar-refractivity contribution in [3.63, 3.8) is 0 Å². The van der Waals surface area contributed by atoms with E-state index in [9.17, 15) is 18.0 Å². The minimum Gasteiger partial charge on any atom is -0.461 e. The fourth-order valence-electron chi connectivity index (χ4n) is 1.48. The Kier molecular flexibility index (Phi) is 3.55. The number of carbonyl (C=O) groups is 1. The first kappa shape index (κ1) is 13.1. The molecule has 100 valence electrons. The molecule has 19 heavy (non-hydrogen) atoms. The van der Waals surface area contributed by atoms with E-state index in [0.29, 0.717) is 12.1 Å². The Balaban J connectivity index is 2.51. The van der Waals surface area contributed by atoms with Crippen LogP contribution in [0, 0.1) is 17.5 Å². The number of ether oxygens (including phenoxy) is 1. The van der Waals surface area contributed by atoms with Gasteiger partial charge in [-0.3, -0.25) is 0 Å². The molecule has 1 aromatic carbocycles. The fourth-order valence-corrected chi connectivity index (χ4v) is 1.48. The van der Waals surface area contributed by atoms with E-state index in [1.54, 1.807) is 6.92 Å². The summed E-state index contributed by atoms with van der Waals surface area (Å²) < 4.78 is 49.1. The van der Waals surface area contributed by atoms with Gasteiger partial charge in [0.1, 0.15) is 5.82 Å². The average molecular weight is 271 g/mol. The summed E-state index contributed by atoms with van der Waals surface area (Å²) >= 11 is 0. The molecule has 0 aliphatic heterocycles. The van der Waals surface area contributed by atoms with Crippen LogP contribution in [0.1, 0.15) is 17.4 Å². The molecule has 0 aliphatic rings. The van der Waals surface area contributed by atoms with Crippen molar-refractivity contribution in [2.75, 3.05) is 6.61 Å². The van der Waals surface area contributed by atoms with Gasteiger partial charge >= 0.3 is 5.97 Å². The molecule has 0 amide bonds. The molecule has 0 bridgehead atoms. The van der Waals surface area contributed by atoms with E-state index in [1.807, 2.05) is 0 Å². The van der Waals surface area contributed by atoms with Crippen LogP contribution in [0.15, 0.2) is 22.9 Å². The SMILES string of the molecule is CCOC(=O)c1ncoc1-c1cc(F)c(F)cc1F. The second-order valence-electron chi connectivity index (χ2n) is 3.50. The molecule has 2 aromatic rings. The number of halogens is 3. The summed E-state index contributed by atoms with van der Waals surface area (Å²) in [5, 5.41) is 0. The van der Waals surface area contributed by atoms with Crippen molar-refractivity contribution in [2.45, 2.75) is 6.92 Å². The van der Waals surface area contributed by atoms with Gasteiger partial charge in [0.2, 0.25) is 0 Å². The maximum absolute atomic E-state index is 13.6.